The van der Waals surface area contributed by atoms with Crippen molar-refractivity contribution in [2.75, 3.05) is 23.7 Å². The number of nitrogen functional groups attached to an aromatic ring is 1. The second kappa shape index (κ2) is 4.88. The van der Waals surface area contributed by atoms with Gasteiger partial charge in [-0.15, -0.1) is 11.3 Å². The number of piperidine rings is 1. The Kier molecular flexibility index (Phi) is 3.32. The molecule has 0 atom stereocenters. The second-order valence-electron chi connectivity index (χ2n) is 6.67. The highest BCUT2D eigenvalue weighted by atomic mass is 32.1. The van der Waals surface area contributed by atoms with Crippen LogP contribution in [0.3, 0.4) is 0 Å². The monoisotopic (exact) mass is 290 g/mol. The molecule has 0 aromatic carbocycles. The molecule has 4 nitrogen and oxygen atoms in total. The fourth-order valence-electron chi connectivity index (χ4n) is 3.05. The molecular formula is C15H22N4S. The molecule has 3 rings (SSSR count). The number of rotatable bonds is 1. The third kappa shape index (κ3) is 2.46. The number of anilines is 2. The van der Waals surface area contributed by atoms with Crippen molar-refractivity contribution in [1.82, 2.24) is 9.97 Å². The quantitative estimate of drug-likeness (QED) is 0.873. The molecule has 0 aliphatic carbocycles. The largest absolute Gasteiger partial charge is 0.368 e. The fourth-order valence-corrected chi connectivity index (χ4v) is 3.82. The number of nitrogens with two attached hydrogens (primary N) is 1. The Hall–Kier alpha value is -1.36. The van der Waals surface area contributed by atoms with E-state index in [9.17, 15) is 0 Å². The van der Waals surface area contributed by atoms with Gasteiger partial charge in [0, 0.05) is 13.1 Å². The van der Waals surface area contributed by atoms with Crippen molar-refractivity contribution in [2.24, 2.45) is 11.3 Å². The zero-order chi connectivity index (χ0) is 14.3. The van der Waals surface area contributed by atoms with E-state index in [1.165, 1.54) is 12.8 Å². The summed E-state index contributed by atoms with van der Waals surface area (Å²) < 4.78 is 0. The molecule has 2 aromatic rings. The second-order valence-corrected chi connectivity index (χ2v) is 7.57. The van der Waals surface area contributed by atoms with E-state index in [1.54, 1.807) is 11.3 Å². The minimum Gasteiger partial charge on any atom is -0.368 e. The first-order chi connectivity index (χ1) is 9.45. The van der Waals surface area contributed by atoms with Crippen LogP contribution < -0.4 is 10.6 Å². The summed E-state index contributed by atoms with van der Waals surface area (Å²) in [4.78, 5) is 12.1. The summed E-state index contributed by atoms with van der Waals surface area (Å²) in [5.41, 5.74) is 6.24. The first-order valence-corrected chi connectivity index (χ1v) is 8.09. The Balaban J connectivity index is 1.85. The van der Waals surface area contributed by atoms with E-state index in [0.717, 1.165) is 35.0 Å². The van der Waals surface area contributed by atoms with Crippen LogP contribution in [-0.4, -0.2) is 23.1 Å². The molecule has 0 spiro atoms. The molecule has 0 radical (unpaired) electrons. The van der Waals surface area contributed by atoms with Gasteiger partial charge in [-0.3, -0.25) is 0 Å². The average Bonchev–Trinajstić information content (AvgIpc) is 2.85. The van der Waals surface area contributed by atoms with Crippen LogP contribution in [0, 0.1) is 11.3 Å². The number of fused-ring (bicyclic) bond motifs is 1. The summed E-state index contributed by atoms with van der Waals surface area (Å²) in [5, 5.41) is 3.20. The van der Waals surface area contributed by atoms with Crippen LogP contribution in [0.4, 0.5) is 11.8 Å². The molecule has 0 amide bonds. The fraction of sp³-hybridized carbons (Fsp3) is 0.600. The molecule has 1 aliphatic rings. The topological polar surface area (TPSA) is 55.0 Å². The van der Waals surface area contributed by atoms with Crippen LogP contribution in [0.25, 0.3) is 10.2 Å². The molecule has 1 saturated heterocycles. The maximum absolute atomic E-state index is 5.84. The van der Waals surface area contributed by atoms with E-state index in [1.807, 2.05) is 0 Å². The molecule has 0 saturated carbocycles. The van der Waals surface area contributed by atoms with Crippen molar-refractivity contribution in [2.45, 2.75) is 33.6 Å². The molecule has 20 heavy (non-hydrogen) atoms. The minimum absolute atomic E-state index is 0.382. The number of aromatic nitrogens is 2. The van der Waals surface area contributed by atoms with Gasteiger partial charge < -0.3 is 10.6 Å². The Morgan fingerprint density at radius 1 is 1.25 bits per heavy atom. The summed E-state index contributed by atoms with van der Waals surface area (Å²) in [7, 11) is 0. The zero-order valence-electron chi connectivity index (χ0n) is 12.4. The van der Waals surface area contributed by atoms with Gasteiger partial charge in [-0.2, -0.15) is 4.98 Å². The molecule has 3 heterocycles. The van der Waals surface area contributed by atoms with E-state index in [-0.39, 0.29) is 0 Å². The molecule has 0 bridgehead atoms. The van der Waals surface area contributed by atoms with Gasteiger partial charge in [0.15, 0.2) is 0 Å². The molecule has 108 valence electrons. The first kappa shape index (κ1) is 13.6. The Morgan fingerprint density at radius 2 is 1.95 bits per heavy atom. The predicted octanol–water partition coefficient (Wildman–Crippen LogP) is 3.54. The van der Waals surface area contributed by atoms with Crippen LogP contribution in [-0.2, 0) is 0 Å². The van der Waals surface area contributed by atoms with E-state index in [0.29, 0.717) is 11.4 Å². The van der Waals surface area contributed by atoms with Crippen molar-refractivity contribution in [3.8, 4) is 0 Å². The van der Waals surface area contributed by atoms with Gasteiger partial charge >= 0.3 is 0 Å². The predicted molar refractivity (Wildman–Crippen MR) is 86.2 cm³/mol. The van der Waals surface area contributed by atoms with E-state index >= 15 is 0 Å². The van der Waals surface area contributed by atoms with Crippen molar-refractivity contribution >= 4 is 33.3 Å². The lowest BCUT2D eigenvalue weighted by Gasteiger charge is -2.39. The third-order valence-electron chi connectivity index (χ3n) is 4.34. The summed E-state index contributed by atoms with van der Waals surface area (Å²) in [6.07, 6.45) is 2.44. The Morgan fingerprint density at radius 3 is 2.60 bits per heavy atom. The Labute approximate surface area is 124 Å². The summed E-state index contributed by atoms with van der Waals surface area (Å²) >= 11 is 1.63. The number of thiophene rings is 1. The molecule has 1 aliphatic heterocycles. The maximum atomic E-state index is 5.84. The minimum atomic E-state index is 0.382. The van der Waals surface area contributed by atoms with Gasteiger partial charge in [0.05, 0.1) is 5.39 Å². The Bertz CT molecular complexity index is 606. The maximum Gasteiger partial charge on any atom is 0.223 e. The third-order valence-corrected chi connectivity index (χ3v) is 5.15. The SMILES string of the molecule is CC(C)(C)C1CCN(c2nc(N)nc3sccc23)CC1. The lowest BCUT2D eigenvalue weighted by molar-refractivity contribution is 0.199. The standard InChI is InChI=1S/C15H22N4S/c1-15(2,3)10-4-7-19(8-5-10)12-11-6-9-20-13(11)18-14(16)17-12/h6,9-10H,4-5,7-8H2,1-3H3,(H2,16,17,18). The van der Waals surface area contributed by atoms with Gasteiger partial charge in [-0.05, 0) is 35.6 Å². The van der Waals surface area contributed by atoms with Gasteiger partial charge in [-0.25, -0.2) is 4.98 Å². The highest BCUT2D eigenvalue weighted by Crippen LogP contribution is 2.37. The van der Waals surface area contributed by atoms with Crippen molar-refractivity contribution in [1.29, 1.82) is 0 Å². The van der Waals surface area contributed by atoms with Gasteiger partial charge in [0.2, 0.25) is 5.95 Å². The van der Waals surface area contributed by atoms with Crippen LogP contribution in [0.2, 0.25) is 0 Å². The number of hydrogen-bond acceptors (Lipinski definition) is 5. The summed E-state index contributed by atoms with van der Waals surface area (Å²) in [5.74, 6) is 2.19. The van der Waals surface area contributed by atoms with E-state index < -0.39 is 0 Å². The smallest absolute Gasteiger partial charge is 0.223 e. The highest BCUT2D eigenvalue weighted by molar-refractivity contribution is 7.16. The molecule has 0 unspecified atom stereocenters. The number of nitrogens with zero attached hydrogens (tertiary/aromatic N) is 3. The average molecular weight is 290 g/mol. The summed E-state index contributed by atoms with van der Waals surface area (Å²) in [6.45, 7) is 9.14. The molecule has 2 N–H and O–H groups in total. The van der Waals surface area contributed by atoms with Crippen LogP contribution in [0.5, 0.6) is 0 Å². The summed E-state index contributed by atoms with van der Waals surface area (Å²) in [6, 6.07) is 2.10. The van der Waals surface area contributed by atoms with Crippen molar-refractivity contribution < 1.29 is 0 Å². The van der Waals surface area contributed by atoms with E-state index in [2.05, 4.69) is 47.1 Å². The zero-order valence-corrected chi connectivity index (χ0v) is 13.2. The van der Waals surface area contributed by atoms with E-state index in [4.69, 9.17) is 5.73 Å². The molecule has 2 aromatic heterocycles. The van der Waals surface area contributed by atoms with Crippen LogP contribution in [0.15, 0.2) is 11.4 Å². The molecular weight excluding hydrogens is 268 g/mol. The highest BCUT2D eigenvalue weighted by Gasteiger charge is 2.29. The normalized spacial score (nSPS) is 17.9. The van der Waals surface area contributed by atoms with Gasteiger partial charge in [0.25, 0.3) is 0 Å². The first-order valence-electron chi connectivity index (χ1n) is 7.21. The van der Waals surface area contributed by atoms with Gasteiger partial charge in [-0.1, -0.05) is 20.8 Å². The van der Waals surface area contributed by atoms with Crippen LogP contribution in [0.1, 0.15) is 33.6 Å². The molecule has 1 fully saturated rings. The van der Waals surface area contributed by atoms with Crippen molar-refractivity contribution in [3.63, 3.8) is 0 Å². The lowest BCUT2D eigenvalue weighted by Crippen LogP contribution is -2.38. The lowest BCUT2D eigenvalue weighted by atomic mass is 9.75. The van der Waals surface area contributed by atoms with Crippen LogP contribution >= 0.6 is 11.3 Å². The van der Waals surface area contributed by atoms with Crippen molar-refractivity contribution in [3.05, 3.63) is 11.4 Å². The molecule has 5 heteroatoms. The number of hydrogen-bond donors (Lipinski definition) is 1. The van der Waals surface area contributed by atoms with Gasteiger partial charge in [0.1, 0.15) is 10.6 Å².